The van der Waals surface area contributed by atoms with Crippen molar-refractivity contribution in [2.45, 2.75) is 18.7 Å². The summed E-state index contributed by atoms with van der Waals surface area (Å²) in [5.41, 5.74) is 2.60. The number of halogens is 2. The molecule has 2 aromatic carbocycles. The number of benzene rings is 2. The second-order valence-corrected chi connectivity index (χ2v) is 7.79. The first-order valence-corrected chi connectivity index (χ1v) is 8.89. The number of aryl methyl sites for hydroxylation is 2. The number of hydrogen-bond acceptors (Lipinski definition) is 3. The van der Waals surface area contributed by atoms with Crippen LogP contribution in [0.1, 0.15) is 16.7 Å². The zero-order valence-electron chi connectivity index (χ0n) is 12.5. The minimum absolute atomic E-state index is 0.0242. The number of hydrogen-bond donors (Lipinski definition) is 0. The number of nitriles is 1. The molecule has 2 aromatic rings. The Labute approximate surface area is 145 Å². The molecule has 118 valence electrons. The molecule has 0 amide bonds. The Morgan fingerprint density at radius 2 is 1.83 bits per heavy atom. The second kappa shape index (κ2) is 6.76. The molecule has 0 radical (unpaired) electrons. The summed E-state index contributed by atoms with van der Waals surface area (Å²) >= 11 is 11.8. The van der Waals surface area contributed by atoms with E-state index in [2.05, 4.69) is 0 Å². The summed E-state index contributed by atoms with van der Waals surface area (Å²) in [6, 6.07) is 11.4. The molecule has 3 nitrogen and oxygen atoms in total. The molecule has 0 aliphatic carbocycles. The molecule has 0 saturated carbocycles. The average Bonchev–Trinajstić information content (AvgIpc) is 2.48. The van der Waals surface area contributed by atoms with Gasteiger partial charge in [0.1, 0.15) is 11.0 Å². The minimum Gasteiger partial charge on any atom is -0.218 e. The number of rotatable bonds is 3. The topological polar surface area (TPSA) is 57.9 Å². The third kappa shape index (κ3) is 3.76. The van der Waals surface area contributed by atoms with Crippen LogP contribution in [0.3, 0.4) is 0 Å². The maximum Gasteiger partial charge on any atom is 0.218 e. The second-order valence-electron chi connectivity index (χ2n) is 5.06. The maximum absolute atomic E-state index is 12.7. The highest BCUT2D eigenvalue weighted by molar-refractivity contribution is 7.95. The molecule has 0 heterocycles. The number of allylic oxidation sites excluding steroid dienone is 1. The third-order valence-corrected chi connectivity index (χ3v) is 5.68. The van der Waals surface area contributed by atoms with E-state index in [1.807, 2.05) is 26.0 Å². The van der Waals surface area contributed by atoms with Crippen LogP contribution in [0.25, 0.3) is 6.08 Å². The minimum atomic E-state index is -4.05. The smallest absolute Gasteiger partial charge is 0.218 e. The van der Waals surface area contributed by atoms with Crippen molar-refractivity contribution in [3.63, 3.8) is 0 Å². The van der Waals surface area contributed by atoms with E-state index in [0.717, 1.165) is 11.1 Å². The summed E-state index contributed by atoms with van der Waals surface area (Å²) in [5, 5.41) is 9.57. The molecule has 0 aliphatic rings. The summed E-state index contributed by atoms with van der Waals surface area (Å²) in [7, 11) is -4.05. The van der Waals surface area contributed by atoms with Gasteiger partial charge in [-0.3, -0.25) is 0 Å². The van der Waals surface area contributed by atoms with Crippen molar-refractivity contribution in [1.82, 2.24) is 0 Å². The van der Waals surface area contributed by atoms with Gasteiger partial charge in [-0.25, -0.2) is 8.42 Å². The summed E-state index contributed by atoms with van der Waals surface area (Å²) in [6.45, 7) is 3.79. The first kappa shape index (κ1) is 17.6. The highest BCUT2D eigenvalue weighted by atomic mass is 35.5. The summed E-state index contributed by atoms with van der Waals surface area (Å²) in [4.78, 5) is -0.558. The molecule has 0 aromatic heterocycles. The molecule has 0 atom stereocenters. The van der Waals surface area contributed by atoms with Gasteiger partial charge in [0.2, 0.25) is 9.84 Å². The largest absolute Gasteiger partial charge is 0.218 e. The highest BCUT2D eigenvalue weighted by Crippen LogP contribution is 2.30. The van der Waals surface area contributed by atoms with E-state index in [0.29, 0.717) is 5.56 Å². The van der Waals surface area contributed by atoms with Crippen molar-refractivity contribution >= 4 is 39.1 Å². The zero-order valence-corrected chi connectivity index (χ0v) is 14.8. The van der Waals surface area contributed by atoms with Crippen LogP contribution < -0.4 is 0 Å². The average molecular weight is 366 g/mol. The van der Waals surface area contributed by atoms with E-state index in [1.165, 1.54) is 24.3 Å². The van der Waals surface area contributed by atoms with Crippen molar-refractivity contribution in [2.75, 3.05) is 0 Å². The quantitative estimate of drug-likeness (QED) is 0.723. The first-order valence-electron chi connectivity index (χ1n) is 6.65. The van der Waals surface area contributed by atoms with Crippen LogP contribution >= 0.6 is 23.2 Å². The van der Waals surface area contributed by atoms with E-state index >= 15 is 0 Å². The van der Waals surface area contributed by atoms with Gasteiger partial charge in [0.15, 0.2) is 0 Å². The number of sulfone groups is 1. The lowest BCUT2D eigenvalue weighted by Gasteiger charge is -2.07. The fourth-order valence-corrected chi connectivity index (χ4v) is 4.01. The Bertz CT molecular complexity index is 942. The summed E-state index contributed by atoms with van der Waals surface area (Å²) in [6.07, 6.45) is 1.35. The zero-order chi connectivity index (χ0) is 17.2. The van der Waals surface area contributed by atoms with Crippen LogP contribution in [0.2, 0.25) is 10.0 Å². The lowest BCUT2D eigenvalue weighted by molar-refractivity contribution is 0.603. The van der Waals surface area contributed by atoms with Gasteiger partial charge in [0.25, 0.3) is 0 Å². The van der Waals surface area contributed by atoms with Gasteiger partial charge in [-0.15, -0.1) is 0 Å². The lowest BCUT2D eigenvalue weighted by atomic mass is 10.1. The molecule has 23 heavy (non-hydrogen) atoms. The normalized spacial score (nSPS) is 12.0. The fourth-order valence-electron chi connectivity index (χ4n) is 2.10. The molecule has 6 heteroatoms. The van der Waals surface area contributed by atoms with Crippen LogP contribution in [0.15, 0.2) is 46.2 Å². The van der Waals surface area contributed by atoms with Gasteiger partial charge >= 0.3 is 0 Å². The molecule has 0 saturated heterocycles. The van der Waals surface area contributed by atoms with E-state index in [9.17, 15) is 13.7 Å². The lowest BCUT2D eigenvalue weighted by Crippen LogP contribution is -2.04. The number of nitrogens with zero attached hydrogens (tertiary/aromatic N) is 1. The molecule has 0 unspecified atom stereocenters. The van der Waals surface area contributed by atoms with Gasteiger partial charge in [-0.05, 0) is 49.2 Å². The van der Waals surface area contributed by atoms with Crippen molar-refractivity contribution in [3.05, 3.63) is 68.0 Å². The molecular formula is C17H13Cl2NO2S. The van der Waals surface area contributed by atoms with E-state index < -0.39 is 9.84 Å². The van der Waals surface area contributed by atoms with Crippen LogP contribution in [-0.2, 0) is 9.84 Å². The molecular weight excluding hydrogens is 353 g/mol. The van der Waals surface area contributed by atoms with Crippen molar-refractivity contribution in [3.8, 4) is 6.07 Å². The first-order chi connectivity index (χ1) is 10.8. The van der Waals surface area contributed by atoms with Crippen LogP contribution in [0, 0.1) is 25.2 Å². The molecule has 0 spiro atoms. The van der Waals surface area contributed by atoms with E-state index in [1.54, 1.807) is 12.1 Å². The van der Waals surface area contributed by atoms with Crippen LogP contribution in [-0.4, -0.2) is 8.42 Å². The molecule has 0 aliphatic heterocycles. The van der Waals surface area contributed by atoms with E-state index in [-0.39, 0.29) is 19.8 Å². The highest BCUT2D eigenvalue weighted by Gasteiger charge is 2.24. The standard InChI is InChI=1S/C17H13Cl2NO2S/c1-11-3-4-13(12(2)7-11)8-15(10-20)23(21,22)17-9-14(18)5-6-16(17)19/h3-9H,1-2H3/b15-8+. The Balaban J connectivity index is 2.62. The van der Waals surface area contributed by atoms with Crippen LogP contribution in [0.5, 0.6) is 0 Å². The maximum atomic E-state index is 12.7. The van der Waals surface area contributed by atoms with Gasteiger partial charge in [0.05, 0.1) is 9.92 Å². The molecule has 0 bridgehead atoms. The van der Waals surface area contributed by atoms with E-state index in [4.69, 9.17) is 23.2 Å². The molecule has 2 rings (SSSR count). The third-order valence-electron chi connectivity index (χ3n) is 3.29. The van der Waals surface area contributed by atoms with Crippen molar-refractivity contribution in [1.29, 1.82) is 5.26 Å². The Morgan fingerprint density at radius 1 is 1.13 bits per heavy atom. The Hall–Kier alpha value is -1.80. The summed E-state index contributed by atoms with van der Waals surface area (Å²) in [5.74, 6) is 0. The van der Waals surface area contributed by atoms with Crippen LogP contribution in [0.4, 0.5) is 0 Å². The monoisotopic (exact) mass is 365 g/mol. The van der Waals surface area contributed by atoms with Gasteiger partial charge in [-0.1, -0.05) is 47.0 Å². The summed E-state index contributed by atoms with van der Waals surface area (Å²) < 4.78 is 25.4. The SMILES string of the molecule is Cc1ccc(/C=C(\C#N)S(=O)(=O)c2cc(Cl)ccc2Cl)c(C)c1. The van der Waals surface area contributed by atoms with Gasteiger partial charge < -0.3 is 0 Å². The Morgan fingerprint density at radius 3 is 2.43 bits per heavy atom. The predicted molar refractivity (Wildman–Crippen MR) is 93.2 cm³/mol. The molecule has 0 fully saturated rings. The van der Waals surface area contributed by atoms with Crippen molar-refractivity contribution < 1.29 is 8.42 Å². The fraction of sp³-hybridized carbons (Fsp3) is 0.118. The van der Waals surface area contributed by atoms with Gasteiger partial charge in [-0.2, -0.15) is 5.26 Å². The molecule has 0 N–H and O–H groups in total. The Kier molecular flexibility index (Phi) is 5.16. The van der Waals surface area contributed by atoms with Crippen molar-refractivity contribution in [2.24, 2.45) is 0 Å². The predicted octanol–water partition coefficient (Wildman–Crippen LogP) is 4.95. The van der Waals surface area contributed by atoms with Gasteiger partial charge in [0, 0.05) is 5.02 Å².